The Morgan fingerprint density at radius 1 is 0.560 bits per heavy atom. The Bertz CT molecular complexity index is 2580. The summed E-state index contributed by atoms with van der Waals surface area (Å²) in [6.45, 7) is 3.89. The van der Waals surface area contributed by atoms with Crippen molar-refractivity contribution in [1.82, 2.24) is 37.2 Å². The van der Waals surface area contributed by atoms with Crippen LogP contribution in [0.5, 0.6) is 5.75 Å². The van der Waals surface area contributed by atoms with Crippen LogP contribution in [0.4, 0.5) is 0 Å². The van der Waals surface area contributed by atoms with E-state index in [4.69, 9.17) is 22.3 Å². The van der Waals surface area contributed by atoms with Gasteiger partial charge in [0.15, 0.2) is 5.96 Å². The largest absolute Gasteiger partial charge is 0.508 e. The maximum absolute atomic E-state index is 14.6. The second-order valence-corrected chi connectivity index (χ2v) is 18.5. The van der Waals surface area contributed by atoms with Gasteiger partial charge in [0.25, 0.3) is 0 Å². The van der Waals surface area contributed by atoms with Crippen molar-refractivity contribution in [3.63, 3.8) is 0 Å². The number of hydrogen-bond donors (Lipinski definition) is 13. The van der Waals surface area contributed by atoms with E-state index in [1.807, 2.05) is 80.6 Å². The highest BCUT2D eigenvalue weighted by Crippen LogP contribution is 2.18. The Morgan fingerprint density at radius 2 is 1.11 bits per heavy atom. The lowest BCUT2D eigenvalue weighted by molar-refractivity contribution is -0.143. The molecule has 6 atom stereocenters. The number of nitrogens with zero attached hydrogens (tertiary/aromatic N) is 1. The number of phenolic OH excluding ortho intramolecular Hbond substituents is 1. The van der Waals surface area contributed by atoms with Gasteiger partial charge >= 0.3 is 11.9 Å². The molecule has 404 valence electrons. The van der Waals surface area contributed by atoms with Crippen molar-refractivity contribution in [3.05, 3.63) is 114 Å². The molecule has 4 aromatic carbocycles. The first-order valence-corrected chi connectivity index (χ1v) is 24.8. The fourth-order valence-corrected chi connectivity index (χ4v) is 7.91. The number of benzene rings is 4. The van der Waals surface area contributed by atoms with Gasteiger partial charge in [0.05, 0.1) is 12.6 Å². The molecule has 0 aliphatic rings. The predicted molar refractivity (Wildman–Crippen MR) is 282 cm³/mol. The van der Waals surface area contributed by atoms with E-state index in [0.29, 0.717) is 30.5 Å². The maximum atomic E-state index is 14.6. The molecule has 0 fully saturated rings. The standard InChI is InChI=1S/C53H71N11O11/c1-32(2)57-25-9-8-15-40(62-51(73)44(29-34-18-21-38(65)22-19-34)63-47(69)39(54)28-33-11-4-3-5-12-33)49(71)61-41(16-10-26-58-53(55)56)50(72)64-43(30-35-17-20-36-13-6-7-14-37(36)27-35)48(70)59-31-45(66)60-42(52(74)75)23-24-46(67)68/h3-7,11-14,17-22,27,32,39-44,57,65H,8-10,15-16,23-26,28-31,54H2,1-2H3,(H,59,70)(H,60,66)(H,61,71)(H,62,73)(H,63,69)(H,64,72)(H,67,68)(H,74,75)(H4,55,56,58)/t39-,40-,41+,42+,43-,44-/m0/s1. The number of guanidine groups is 1. The molecule has 16 N–H and O–H groups in total. The Hall–Kier alpha value is -8.11. The van der Waals surface area contributed by atoms with E-state index in [1.165, 1.54) is 12.1 Å². The summed E-state index contributed by atoms with van der Waals surface area (Å²) in [4.78, 5) is 111. The van der Waals surface area contributed by atoms with Crippen LogP contribution in [0.15, 0.2) is 102 Å². The number of aliphatic carboxylic acids is 2. The van der Waals surface area contributed by atoms with Crippen LogP contribution in [0, 0.1) is 0 Å². The molecule has 4 rings (SSSR count). The van der Waals surface area contributed by atoms with Gasteiger partial charge in [-0.15, -0.1) is 0 Å². The minimum absolute atomic E-state index is 0.0142. The molecule has 0 unspecified atom stereocenters. The van der Waals surface area contributed by atoms with Gasteiger partial charge in [-0.25, -0.2) is 4.79 Å². The van der Waals surface area contributed by atoms with Crippen LogP contribution in [-0.4, -0.2) is 131 Å². The quantitative estimate of drug-likeness (QED) is 0.0181. The molecule has 0 aromatic heterocycles. The number of nitrogens with two attached hydrogens (primary N) is 3. The molecule has 22 nitrogen and oxygen atoms in total. The first-order chi connectivity index (χ1) is 35.8. The van der Waals surface area contributed by atoms with Gasteiger partial charge in [0.1, 0.15) is 36.0 Å². The highest BCUT2D eigenvalue weighted by atomic mass is 16.4. The lowest BCUT2D eigenvalue weighted by Gasteiger charge is -2.27. The zero-order chi connectivity index (χ0) is 54.9. The van der Waals surface area contributed by atoms with E-state index in [9.17, 15) is 48.6 Å². The molecular weight excluding hydrogens is 967 g/mol. The highest BCUT2D eigenvalue weighted by molar-refractivity contribution is 5.97. The number of nitrogens with one attached hydrogen (secondary N) is 7. The fraction of sp³-hybridized carbons (Fsp3) is 0.415. The van der Waals surface area contributed by atoms with E-state index in [-0.39, 0.29) is 62.8 Å². The van der Waals surface area contributed by atoms with Crippen LogP contribution in [-0.2, 0) is 57.6 Å². The van der Waals surface area contributed by atoms with E-state index in [0.717, 1.165) is 16.3 Å². The molecule has 0 radical (unpaired) electrons. The summed E-state index contributed by atoms with van der Waals surface area (Å²) >= 11 is 0. The Balaban J connectivity index is 1.63. The van der Waals surface area contributed by atoms with E-state index < -0.39 is 103 Å². The first-order valence-electron chi connectivity index (χ1n) is 24.8. The van der Waals surface area contributed by atoms with Crippen LogP contribution >= 0.6 is 0 Å². The minimum Gasteiger partial charge on any atom is -0.508 e. The third-order valence-corrected chi connectivity index (χ3v) is 11.9. The lowest BCUT2D eigenvalue weighted by atomic mass is 10.00. The van der Waals surface area contributed by atoms with Crippen molar-refractivity contribution in [2.45, 2.75) is 120 Å². The van der Waals surface area contributed by atoms with Crippen molar-refractivity contribution in [1.29, 1.82) is 0 Å². The fourth-order valence-electron chi connectivity index (χ4n) is 7.91. The van der Waals surface area contributed by atoms with Gasteiger partial charge in [0.2, 0.25) is 35.4 Å². The molecule has 75 heavy (non-hydrogen) atoms. The molecule has 0 aliphatic carbocycles. The third-order valence-electron chi connectivity index (χ3n) is 11.9. The van der Waals surface area contributed by atoms with Gasteiger partial charge in [-0.05, 0) is 91.1 Å². The molecule has 0 spiro atoms. The summed E-state index contributed by atoms with van der Waals surface area (Å²) in [5.41, 5.74) is 19.5. The van der Waals surface area contributed by atoms with Gasteiger partial charge in [-0.3, -0.25) is 38.6 Å². The van der Waals surface area contributed by atoms with Gasteiger partial charge in [0, 0.05) is 31.8 Å². The molecule has 0 bridgehead atoms. The number of carboxylic acid groups (broad SMARTS) is 2. The number of aliphatic imine (C=N–C) groups is 1. The predicted octanol–water partition coefficient (Wildman–Crippen LogP) is 0.612. The summed E-state index contributed by atoms with van der Waals surface area (Å²) in [5, 5.41) is 49.3. The van der Waals surface area contributed by atoms with Crippen molar-refractivity contribution >= 4 is 64.1 Å². The molecule has 4 aromatic rings. The molecule has 0 aliphatic heterocycles. The molecule has 6 amide bonds. The van der Waals surface area contributed by atoms with Gasteiger partial charge in [-0.1, -0.05) is 98.8 Å². The van der Waals surface area contributed by atoms with Crippen LogP contribution in [0.1, 0.15) is 75.5 Å². The number of phenols is 1. The Kier molecular flexibility index (Phi) is 24.4. The van der Waals surface area contributed by atoms with Crippen LogP contribution in [0.25, 0.3) is 10.8 Å². The number of hydrogen-bond acceptors (Lipinski definition) is 12. The molecule has 0 saturated carbocycles. The normalized spacial score (nSPS) is 13.4. The number of unbranched alkanes of at least 4 members (excludes halogenated alkanes) is 1. The van der Waals surface area contributed by atoms with Crippen molar-refractivity contribution in [2.75, 3.05) is 19.6 Å². The van der Waals surface area contributed by atoms with Crippen LogP contribution in [0.2, 0.25) is 0 Å². The molecular formula is C53H71N11O11. The molecule has 0 saturated heterocycles. The number of carbonyl (C=O) groups is 8. The lowest BCUT2D eigenvalue weighted by Crippen LogP contribution is -2.59. The van der Waals surface area contributed by atoms with Crippen LogP contribution in [0.3, 0.4) is 0 Å². The number of fused-ring (bicyclic) bond motifs is 1. The summed E-state index contributed by atoms with van der Waals surface area (Å²) in [5.74, 6) is -7.70. The highest BCUT2D eigenvalue weighted by Gasteiger charge is 2.33. The van der Waals surface area contributed by atoms with Gasteiger partial charge in [-0.2, -0.15) is 0 Å². The van der Waals surface area contributed by atoms with Crippen molar-refractivity contribution < 1.29 is 53.7 Å². The second-order valence-electron chi connectivity index (χ2n) is 18.5. The summed E-state index contributed by atoms with van der Waals surface area (Å²) in [6.07, 6.45) is 0.288. The smallest absolute Gasteiger partial charge is 0.326 e. The number of amides is 6. The average Bonchev–Trinajstić information content (AvgIpc) is 3.37. The summed E-state index contributed by atoms with van der Waals surface area (Å²) < 4.78 is 0. The molecule has 0 heterocycles. The van der Waals surface area contributed by atoms with Crippen molar-refractivity contribution in [3.8, 4) is 5.75 Å². The van der Waals surface area contributed by atoms with Gasteiger partial charge < -0.3 is 69.7 Å². The number of carbonyl (C=O) groups excluding carboxylic acids is 6. The number of carboxylic acids is 2. The summed E-state index contributed by atoms with van der Waals surface area (Å²) in [6, 6.07) is 20.3. The number of rotatable bonds is 32. The third kappa shape index (κ3) is 21.9. The molecule has 22 heteroatoms. The number of aromatic hydroxyl groups is 1. The van der Waals surface area contributed by atoms with E-state index >= 15 is 0 Å². The summed E-state index contributed by atoms with van der Waals surface area (Å²) in [7, 11) is 0. The SMILES string of the molecule is CC(C)NCCCC[C@H](NC(=O)[C@H](Cc1ccc(O)cc1)NC(=O)[C@@H](N)Cc1ccccc1)C(=O)N[C@H](CCCN=C(N)N)C(=O)N[C@@H](Cc1ccc2ccccc2c1)C(=O)NCC(=O)N[C@H](CCC(=O)O)C(=O)O. The first kappa shape index (κ1) is 59.5. The zero-order valence-electron chi connectivity index (χ0n) is 42.3. The monoisotopic (exact) mass is 1040 g/mol. The van der Waals surface area contributed by atoms with E-state index in [2.05, 4.69) is 42.2 Å². The topological polar surface area (TPSA) is 372 Å². The van der Waals surface area contributed by atoms with Crippen LogP contribution < -0.4 is 54.4 Å². The second kappa shape index (κ2) is 30.8. The Morgan fingerprint density at radius 3 is 1.73 bits per heavy atom. The zero-order valence-corrected chi connectivity index (χ0v) is 42.3. The minimum atomic E-state index is -1.56. The maximum Gasteiger partial charge on any atom is 0.326 e. The van der Waals surface area contributed by atoms with Crippen molar-refractivity contribution in [2.24, 2.45) is 22.2 Å². The Labute approximate surface area is 435 Å². The average molecular weight is 1040 g/mol. The van der Waals surface area contributed by atoms with E-state index in [1.54, 1.807) is 18.2 Å².